The topological polar surface area (TPSA) is 25.4 Å². The molecule has 1 aliphatic heterocycles. The van der Waals surface area contributed by atoms with Gasteiger partial charge in [0.1, 0.15) is 0 Å². The fourth-order valence-corrected chi connectivity index (χ4v) is 2.43. The second-order valence-electron chi connectivity index (χ2n) is 3.57. The zero-order chi connectivity index (χ0) is 10.1. The van der Waals surface area contributed by atoms with Gasteiger partial charge in [0, 0.05) is 19.5 Å². The molecule has 0 aliphatic carbocycles. The van der Waals surface area contributed by atoms with Crippen LogP contribution < -0.4 is 4.74 Å². The van der Waals surface area contributed by atoms with E-state index in [1.807, 2.05) is 0 Å². The first kappa shape index (κ1) is 10.2. The van der Waals surface area contributed by atoms with Gasteiger partial charge in [-0.05, 0) is 41.3 Å². The Labute approximate surface area is 97.6 Å². The van der Waals surface area contributed by atoms with Gasteiger partial charge in [-0.2, -0.15) is 0 Å². The molecule has 0 aromatic carbocycles. The highest BCUT2D eigenvalue weighted by Gasteiger charge is 2.16. The van der Waals surface area contributed by atoms with Crippen LogP contribution in [-0.4, -0.2) is 30.6 Å². The Morgan fingerprint density at radius 1 is 1.57 bits per heavy atom. The van der Waals surface area contributed by atoms with E-state index in [4.69, 9.17) is 4.74 Å². The number of nitrogens with zero attached hydrogens (tertiary/aromatic N) is 2. The molecule has 0 atom stereocenters. The molecule has 1 aromatic heterocycles. The molecule has 1 aliphatic rings. The zero-order valence-electron chi connectivity index (χ0n) is 8.38. The van der Waals surface area contributed by atoms with E-state index in [1.165, 1.54) is 11.3 Å². The van der Waals surface area contributed by atoms with Crippen molar-refractivity contribution in [2.75, 3.05) is 20.7 Å². The molecule has 14 heavy (non-hydrogen) atoms. The molecular formula is C10H13IN2O. The summed E-state index contributed by atoms with van der Waals surface area (Å²) >= 11 is 2.27. The highest BCUT2D eigenvalue weighted by atomic mass is 127. The number of fused-ring (bicyclic) bond motifs is 1. The van der Waals surface area contributed by atoms with E-state index in [2.05, 4.69) is 45.6 Å². The summed E-state index contributed by atoms with van der Waals surface area (Å²) in [6, 6.07) is 2.18. The summed E-state index contributed by atoms with van der Waals surface area (Å²) in [5, 5.41) is 0. The predicted octanol–water partition coefficient (Wildman–Crippen LogP) is 1.68. The summed E-state index contributed by atoms with van der Waals surface area (Å²) in [6.07, 6.45) is 1.03. The highest BCUT2D eigenvalue weighted by Crippen LogP contribution is 2.24. The van der Waals surface area contributed by atoms with Crippen molar-refractivity contribution >= 4 is 22.6 Å². The molecule has 76 valence electrons. The molecule has 0 N–H and O–H groups in total. The third-order valence-corrected chi connectivity index (χ3v) is 3.25. The van der Waals surface area contributed by atoms with Crippen LogP contribution in [0.5, 0.6) is 5.88 Å². The third-order valence-electron chi connectivity index (χ3n) is 2.48. The Balaban J connectivity index is 2.40. The monoisotopic (exact) mass is 304 g/mol. The standard InChI is InChI=1S/C10H13IN2O/c1-13-4-3-9-7(6-13)5-8(11)10(12-9)14-2/h5H,3-4,6H2,1-2H3. The van der Waals surface area contributed by atoms with E-state index in [-0.39, 0.29) is 0 Å². The quantitative estimate of drug-likeness (QED) is 0.738. The van der Waals surface area contributed by atoms with Crippen molar-refractivity contribution in [3.63, 3.8) is 0 Å². The van der Waals surface area contributed by atoms with Gasteiger partial charge in [0.15, 0.2) is 0 Å². The second-order valence-corrected chi connectivity index (χ2v) is 4.74. The van der Waals surface area contributed by atoms with Gasteiger partial charge in [0.05, 0.1) is 16.4 Å². The van der Waals surface area contributed by atoms with Gasteiger partial charge in [-0.25, -0.2) is 4.98 Å². The maximum Gasteiger partial charge on any atom is 0.227 e. The lowest BCUT2D eigenvalue weighted by atomic mass is 10.1. The van der Waals surface area contributed by atoms with Gasteiger partial charge in [-0.1, -0.05) is 0 Å². The van der Waals surface area contributed by atoms with Crippen LogP contribution in [-0.2, 0) is 13.0 Å². The van der Waals surface area contributed by atoms with Gasteiger partial charge in [-0.15, -0.1) is 0 Å². The molecule has 0 amide bonds. The highest BCUT2D eigenvalue weighted by molar-refractivity contribution is 14.1. The average molecular weight is 304 g/mol. The fraction of sp³-hybridized carbons (Fsp3) is 0.500. The first-order chi connectivity index (χ1) is 6.70. The van der Waals surface area contributed by atoms with E-state index in [1.54, 1.807) is 7.11 Å². The second kappa shape index (κ2) is 4.02. The zero-order valence-corrected chi connectivity index (χ0v) is 10.5. The third kappa shape index (κ3) is 1.86. The van der Waals surface area contributed by atoms with Crippen LogP contribution in [0, 0.1) is 3.57 Å². The number of hydrogen-bond acceptors (Lipinski definition) is 3. The molecular weight excluding hydrogens is 291 g/mol. The van der Waals surface area contributed by atoms with Crippen LogP contribution >= 0.6 is 22.6 Å². The number of likely N-dealkylation sites (N-methyl/N-ethyl adjacent to an activating group) is 1. The maximum absolute atomic E-state index is 5.21. The van der Waals surface area contributed by atoms with Crippen molar-refractivity contribution in [1.29, 1.82) is 0 Å². The lowest BCUT2D eigenvalue weighted by molar-refractivity contribution is 0.306. The molecule has 2 rings (SSSR count). The van der Waals surface area contributed by atoms with Crippen molar-refractivity contribution in [2.24, 2.45) is 0 Å². The minimum absolute atomic E-state index is 0.758. The first-order valence-corrected chi connectivity index (χ1v) is 5.69. The summed E-state index contributed by atoms with van der Waals surface area (Å²) < 4.78 is 6.30. The number of methoxy groups -OCH3 is 1. The number of halogens is 1. The molecule has 0 saturated heterocycles. The molecule has 0 saturated carbocycles. The molecule has 0 radical (unpaired) electrons. The Hall–Kier alpha value is -0.360. The normalized spacial score (nSPS) is 16.5. The Kier molecular flexibility index (Phi) is 2.92. The van der Waals surface area contributed by atoms with Gasteiger partial charge in [0.2, 0.25) is 5.88 Å². The van der Waals surface area contributed by atoms with Crippen LogP contribution in [0.2, 0.25) is 0 Å². The van der Waals surface area contributed by atoms with Crippen molar-refractivity contribution in [1.82, 2.24) is 9.88 Å². The van der Waals surface area contributed by atoms with Gasteiger partial charge in [0.25, 0.3) is 0 Å². The molecule has 0 fully saturated rings. The average Bonchev–Trinajstić information content (AvgIpc) is 2.16. The lowest BCUT2D eigenvalue weighted by Gasteiger charge is -2.24. The van der Waals surface area contributed by atoms with E-state index in [0.29, 0.717) is 0 Å². The Morgan fingerprint density at radius 2 is 2.36 bits per heavy atom. The van der Waals surface area contributed by atoms with E-state index in [0.717, 1.165) is 29.0 Å². The van der Waals surface area contributed by atoms with Gasteiger partial charge < -0.3 is 9.64 Å². The number of aromatic nitrogens is 1. The van der Waals surface area contributed by atoms with E-state index >= 15 is 0 Å². The number of hydrogen-bond donors (Lipinski definition) is 0. The van der Waals surface area contributed by atoms with Crippen LogP contribution in [0.3, 0.4) is 0 Å². The van der Waals surface area contributed by atoms with Crippen molar-refractivity contribution in [2.45, 2.75) is 13.0 Å². The Morgan fingerprint density at radius 3 is 3.07 bits per heavy atom. The molecule has 0 unspecified atom stereocenters. The van der Waals surface area contributed by atoms with Crippen molar-refractivity contribution < 1.29 is 4.74 Å². The summed E-state index contributed by atoms with van der Waals surface area (Å²) in [7, 11) is 3.81. The number of ether oxygens (including phenoxy) is 1. The minimum Gasteiger partial charge on any atom is -0.480 e. The molecule has 2 heterocycles. The van der Waals surface area contributed by atoms with Gasteiger partial charge >= 0.3 is 0 Å². The number of rotatable bonds is 1. The molecule has 0 bridgehead atoms. The van der Waals surface area contributed by atoms with E-state index in [9.17, 15) is 0 Å². The number of pyridine rings is 1. The Bertz CT molecular complexity index is 354. The van der Waals surface area contributed by atoms with Gasteiger partial charge in [-0.3, -0.25) is 0 Å². The van der Waals surface area contributed by atoms with Crippen LogP contribution in [0.1, 0.15) is 11.3 Å². The van der Waals surface area contributed by atoms with Crippen LogP contribution in [0.15, 0.2) is 6.07 Å². The lowest BCUT2D eigenvalue weighted by Crippen LogP contribution is -2.27. The fourth-order valence-electron chi connectivity index (χ4n) is 1.71. The summed E-state index contributed by atoms with van der Waals surface area (Å²) in [4.78, 5) is 6.82. The predicted molar refractivity (Wildman–Crippen MR) is 63.5 cm³/mol. The molecule has 1 aromatic rings. The smallest absolute Gasteiger partial charge is 0.227 e. The maximum atomic E-state index is 5.21. The van der Waals surface area contributed by atoms with E-state index < -0.39 is 0 Å². The molecule has 0 spiro atoms. The summed E-state index contributed by atoms with van der Waals surface area (Å²) in [5.74, 6) is 0.758. The van der Waals surface area contributed by atoms with Crippen molar-refractivity contribution in [3.8, 4) is 5.88 Å². The van der Waals surface area contributed by atoms with Crippen LogP contribution in [0.25, 0.3) is 0 Å². The summed E-state index contributed by atoms with van der Waals surface area (Å²) in [5.41, 5.74) is 2.53. The summed E-state index contributed by atoms with van der Waals surface area (Å²) in [6.45, 7) is 2.09. The first-order valence-electron chi connectivity index (χ1n) is 4.61. The largest absolute Gasteiger partial charge is 0.480 e. The molecule has 4 heteroatoms. The van der Waals surface area contributed by atoms with Crippen molar-refractivity contribution in [3.05, 3.63) is 20.9 Å². The minimum atomic E-state index is 0.758. The van der Waals surface area contributed by atoms with Crippen LogP contribution in [0.4, 0.5) is 0 Å². The SMILES string of the molecule is COc1nc2c(cc1I)CN(C)CC2. The molecule has 3 nitrogen and oxygen atoms in total.